The third-order valence-electron chi connectivity index (χ3n) is 4.97. The summed E-state index contributed by atoms with van der Waals surface area (Å²) >= 11 is 0. The predicted molar refractivity (Wildman–Crippen MR) is 113 cm³/mol. The zero-order valence-electron chi connectivity index (χ0n) is 16.3. The van der Waals surface area contributed by atoms with Crippen molar-refractivity contribution >= 4 is 32.4 Å². The van der Waals surface area contributed by atoms with Crippen molar-refractivity contribution < 1.29 is 17.9 Å². The molecule has 0 unspecified atom stereocenters. The summed E-state index contributed by atoms with van der Waals surface area (Å²) in [7, 11) is -3.49. The first-order valence-electron chi connectivity index (χ1n) is 9.77. The quantitative estimate of drug-likeness (QED) is 0.650. The lowest BCUT2D eigenvalue weighted by molar-refractivity contribution is -0.118. The topological polar surface area (TPSA) is 101 Å². The lowest BCUT2D eigenvalue weighted by Crippen LogP contribution is -2.35. The van der Waals surface area contributed by atoms with Gasteiger partial charge in [-0.15, -0.1) is 5.10 Å². The van der Waals surface area contributed by atoms with Gasteiger partial charge in [0.1, 0.15) is 0 Å². The first-order valence-corrected chi connectivity index (χ1v) is 11.2. The van der Waals surface area contributed by atoms with Crippen LogP contribution in [0.3, 0.4) is 0 Å². The predicted octanol–water partition coefficient (Wildman–Crippen LogP) is 2.82. The molecule has 1 aliphatic rings. The van der Waals surface area contributed by atoms with E-state index in [1.807, 2.05) is 24.3 Å². The first kappa shape index (κ1) is 20.2. The number of fused-ring (bicyclic) bond motifs is 1. The summed E-state index contributed by atoms with van der Waals surface area (Å²) in [6, 6.07) is 13.6. The normalized spacial score (nSPS) is 15.1. The van der Waals surface area contributed by atoms with Crippen molar-refractivity contribution in [2.45, 2.75) is 24.2 Å². The second-order valence-electron chi connectivity index (χ2n) is 7.06. The number of nitrogens with zero attached hydrogens (tertiary/aromatic N) is 3. The smallest absolute Gasteiger partial charge is 0.262 e. The molecule has 0 spiro atoms. The van der Waals surface area contributed by atoms with Crippen LogP contribution < -0.4 is 10.1 Å². The van der Waals surface area contributed by atoms with Crippen molar-refractivity contribution in [2.75, 3.05) is 25.0 Å². The third kappa shape index (κ3) is 4.42. The van der Waals surface area contributed by atoms with Crippen LogP contribution >= 0.6 is 0 Å². The van der Waals surface area contributed by atoms with Crippen molar-refractivity contribution in [3.63, 3.8) is 0 Å². The number of sulfonamides is 1. The fourth-order valence-corrected chi connectivity index (χ4v) is 4.92. The highest BCUT2D eigenvalue weighted by Crippen LogP contribution is 2.23. The molecule has 2 heterocycles. The Balaban J connectivity index is 1.38. The Morgan fingerprint density at radius 2 is 1.77 bits per heavy atom. The van der Waals surface area contributed by atoms with Crippen molar-refractivity contribution in [1.82, 2.24) is 14.5 Å². The highest BCUT2D eigenvalue weighted by atomic mass is 32.2. The summed E-state index contributed by atoms with van der Waals surface area (Å²) < 4.78 is 32.4. The number of rotatable bonds is 6. The molecule has 1 aliphatic heterocycles. The van der Waals surface area contributed by atoms with Gasteiger partial charge in [0.15, 0.2) is 6.61 Å². The number of hydrogen-bond acceptors (Lipinski definition) is 6. The maximum absolute atomic E-state index is 12.7. The van der Waals surface area contributed by atoms with E-state index in [1.54, 1.807) is 18.3 Å². The van der Waals surface area contributed by atoms with Crippen LogP contribution in [0.15, 0.2) is 59.6 Å². The fourth-order valence-electron chi connectivity index (χ4n) is 3.40. The number of aromatic nitrogens is 2. The highest BCUT2D eigenvalue weighted by molar-refractivity contribution is 7.89. The number of carbonyl (C=O) groups excluding carboxylic acids is 1. The van der Waals surface area contributed by atoms with Crippen LogP contribution in [0.2, 0.25) is 0 Å². The molecular formula is C21H22N4O4S. The zero-order chi connectivity index (χ0) is 21.0. The molecule has 0 bridgehead atoms. The Morgan fingerprint density at radius 1 is 1.03 bits per heavy atom. The molecule has 156 valence electrons. The maximum atomic E-state index is 12.7. The fraction of sp³-hybridized carbons (Fsp3) is 0.286. The molecule has 8 nitrogen and oxygen atoms in total. The van der Waals surface area contributed by atoms with Crippen LogP contribution in [-0.2, 0) is 14.8 Å². The van der Waals surface area contributed by atoms with Gasteiger partial charge in [-0.1, -0.05) is 24.6 Å². The van der Waals surface area contributed by atoms with Crippen LogP contribution in [0.4, 0.5) is 5.69 Å². The number of benzene rings is 2. The van der Waals surface area contributed by atoms with Gasteiger partial charge in [-0.2, -0.15) is 9.40 Å². The van der Waals surface area contributed by atoms with Crippen molar-refractivity contribution in [3.8, 4) is 5.88 Å². The summed E-state index contributed by atoms with van der Waals surface area (Å²) in [5.41, 5.74) is 0.491. The average Bonchev–Trinajstić information content (AvgIpc) is 2.78. The number of ether oxygens (including phenoxy) is 1. The van der Waals surface area contributed by atoms with Gasteiger partial charge in [0.25, 0.3) is 5.91 Å². The number of amides is 1. The molecule has 4 rings (SSSR count). The van der Waals surface area contributed by atoms with Gasteiger partial charge in [0.2, 0.25) is 15.9 Å². The van der Waals surface area contributed by atoms with E-state index in [0.717, 1.165) is 30.0 Å². The minimum absolute atomic E-state index is 0.227. The molecule has 1 saturated heterocycles. The number of anilines is 1. The van der Waals surface area contributed by atoms with E-state index >= 15 is 0 Å². The molecular weight excluding hydrogens is 404 g/mol. The summed E-state index contributed by atoms with van der Waals surface area (Å²) in [5.74, 6) is -0.0948. The third-order valence-corrected chi connectivity index (χ3v) is 6.88. The van der Waals surface area contributed by atoms with Gasteiger partial charge in [0.05, 0.1) is 11.1 Å². The van der Waals surface area contributed by atoms with Crippen molar-refractivity contribution in [1.29, 1.82) is 0 Å². The molecule has 0 atom stereocenters. The highest BCUT2D eigenvalue weighted by Gasteiger charge is 2.25. The zero-order valence-corrected chi connectivity index (χ0v) is 17.1. The Kier molecular flexibility index (Phi) is 5.91. The molecule has 1 N–H and O–H groups in total. The van der Waals surface area contributed by atoms with Crippen LogP contribution in [0.25, 0.3) is 10.8 Å². The van der Waals surface area contributed by atoms with E-state index in [0.29, 0.717) is 18.8 Å². The molecule has 0 saturated carbocycles. The van der Waals surface area contributed by atoms with Crippen LogP contribution in [0.5, 0.6) is 5.88 Å². The number of nitrogens with one attached hydrogen (secondary N) is 1. The molecule has 1 fully saturated rings. The number of hydrogen-bond donors (Lipinski definition) is 1. The van der Waals surface area contributed by atoms with E-state index < -0.39 is 10.0 Å². The van der Waals surface area contributed by atoms with Gasteiger partial charge in [-0.05, 0) is 43.2 Å². The second kappa shape index (κ2) is 8.76. The molecule has 0 aliphatic carbocycles. The Bertz CT molecular complexity index is 1140. The van der Waals surface area contributed by atoms with Crippen LogP contribution in [0.1, 0.15) is 19.3 Å². The lowest BCUT2D eigenvalue weighted by Gasteiger charge is -2.25. The summed E-state index contributed by atoms with van der Waals surface area (Å²) in [6.07, 6.45) is 4.45. The summed E-state index contributed by atoms with van der Waals surface area (Å²) in [4.78, 5) is 12.5. The summed E-state index contributed by atoms with van der Waals surface area (Å²) in [5, 5.41) is 12.2. The van der Waals surface area contributed by atoms with Gasteiger partial charge in [-0.25, -0.2) is 8.42 Å². The Morgan fingerprint density at radius 3 is 2.53 bits per heavy atom. The molecule has 3 aromatic rings. The minimum atomic E-state index is -3.49. The van der Waals surface area contributed by atoms with E-state index in [9.17, 15) is 13.2 Å². The minimum Gasteiger partial charge on any atom is -0.466 e. The van der Waals surface area contributed by atoms with Crippen LogP contribution in [-0.4, -0.2) is 48.5 Å². The van der Waals surface area contributed by atoms with E-state index in [4.69, 9.17) is 4.74 Å². The lowest BCUT2D eigenvalue weighted by atomic mass is 10.2. The van der Waals surface area contributed by atoms with E-state index in [1.165, 1.54) is 16.4 Å². The number of piperidine rings is 1. The van der Waals surface area contributed by atoms with Gasteiger partial charge >= 0.3 is 0 Å². The molecule has 1 amide bonds. The maximum Gasteiger partial charge on any atom is 0.262 e. The first-order chi connectivity index (χ1) is 14.5. The van der Waals surface area contributed by atoms with Gasteiger partial charge < -0.3 is 10.1 Å². The van der Waals surface area contributed by atoms with Gasteiger partial charge in [-0.3, -0.25) is 4.79 Å². The van der Waals surface area contributed by atoms with E-state index in [-0.39, 0.29) is 23.3 Å². The standard InChI is InChI=1S/C21H22N4O4S/c26-20(15-29-21-19-7-3-2-6-16(19)14-22-24-21)23-17-8-10-18(11-9-17)30(27,28)25-12-4-1-5-13-25/h2-3,6-11,14H,1,4-5,12-13,15H2,(H,23,26). The number of carbonyl (C=O) groups is 1. The van der Waals surface area contributed by atoms with E-state index in [2.05, 4.69) is 15.5 Å². The van der Waals surface area contributed by atoms with Gasteiger partial charge in [0, 0.05) is 29.5 Å². The molecule has 1 aromatic heterocycles. The van der Waals surface area contributed by atoms with Crippen molar-refractivity contribution in [3.05, 3.63) is 54.7 Å². The largest absolute Gasteiger partial charge is 0.466 e. The molecule has 9 heteroatoms. The Labute approximate surface area is 174 Å². The van der Waals surface area contributed by atoms with Crippen LogP contribution in [0, 0.1) is 0 Å². The SMILES string of the molecule is O=C(COc1nncc2ccccc12)Nc1ccc(S(=O)(=O)N2CCCCC2)cc1. The second-order valence-corrected chi connectivity index (χ2v) is 9.00. The Hall–Kier alpha value is -3.04. The summed E-state index contributed by atoms with van der Waals surface area (Å²) in [6.45, 7) is 0.862. The molecule has 0 radical (unpaired) electrons. The van der Waals surface area contributed by atoms with Crippen molar-refractivity contribution in [2.24, 2.45) is 0 Å². The average molecular weight is 426 g/mol. The molecule has 2 aromatic carbocycles. The molecule has 30 heavy (non-hydrogen) atoms. The monoisotopic (exact) mass is 426 g/mol.